The molecule has 15 heavy (non-hydrogen) atoms. The Labute approximate surface area is 89.0 Å². The van der Waals surface area contributed by atoms with E-state index in [1.165, 1.54) is 29.2 Å². The molecule has 1 fully saturated rings. The van der Waals surface area contributed by atoms with Gasteiger partial charge in [0, 0.05) is 0 Å². The summed E-state index contributed by atoms with van der Waals surface area (Å²) >= 11 is 0. The lowest BCUT2D eigenvalue weighted by Gasteiger charge is -2.04. The van der Waals surface area contributed by atoms with Gasteiger partial charge in [-0.25, -0.2) is 0 Å². The van der Waals surface area contributed by atoms with E-state index in [4.69, 9.17) is 5.26 Å². The average molecular weight is 193 g/mol. The van der Waals surface area contributed by atoms with Gasteiger partial charge in [-0.1, -0.05) is 24.3 Å². The summed E-state index contributed by atoms with van der Waals surface area (Å²) in [6.45, 7) is 0. The first-order valence-electron chi connectivity index (χ1n) is 5.31. The summed E-state index contributed by atoms with van der Waals surface area (Å²) in [6, 6.07) is 14.5. The predicted octanol–water partition coefficient (Wildman–Crippen LogP) is 3.59. The molecule has 2 aromatic carbocycles. The first-order chi connectivity index (χ1) is 7.38. The van der Waals surface area contributed by atoms with Crippen LogP contribution in [-0.4, -0.2) is 0 Å². The highest BCUT2D eigenvalue weighted by Crippen LogP contribution is 2.43. The van der Waals surface area contributed by atoms with Gasteiger partial charge in [0.1, 0.15) is 0 Å². The van der Waals surface area contributed by atoms with Gasteiger partial charge in [0.2, 0.25) is 0 Å². The van der Waals surface area contributed by atoms with E-state index in [1.807, 2.05) is 12.1 Å². The maximum atomic E-state index is 8.84. The fourth-order valence-electron chi connectivity index (χ4n) is 2.13. The highest BCUT2D eigenvalue weighted by Gasteiger charge is 2.24. The zero-order chi connectivity index (χ0) is 10.3. The lowest BCUT2D eigenvalue weighted by atomic mass is 10.00. The Hall–Kier alpha value is -1.81. The third kappa shape index (κ3) is 1.39. The van der Waals surface area contributed by atoms with E-state index in [0.717, 1.165) is 11.5 Å². The molecule has 0 saturated heterocycles. The van der Waals surface area contributed by atoms with Crippen molar-refractivity contribution >= 4 is 10.8 Å². The minimum atomic E-state index is 0.746. The second-order valence-corrected chi connectivity index (χ2v) is 4.17. The molecule has 0 aliphatic heterocycles. The summed E-state index contributed by atoms with van der Waals surface area (Å²) in [4.78, 5) is 0. The van der Waals surface area contributed by atoms with Crippen LogP contribution in [0.25, 0.3) is 10.8 Å². The van der Waals surface area contributed by atoms with E-state index in [9.17, 15) is 0 Å². The molecule has 72 valence electrons. The summed E-state index contributed by atoms with van der Waals surface area (Å²) in [5.41, 5.74) is 2.20. The Bertz CT molecular complexity index is 559. The van der Waals surface area contributed by atoms with Crippen LogP contribution < -0.4 is 0 Å². The first-order valence-corrected chi connectivity index (χ1v) is 5.31. The van der Waals surface area contributed by atoms with Crippen LogP contribution in [-0.2, 0) is 0 Å². The molecule has 1 aliphatic carbocycles. The van der Waals surface area contributed by atoms with Crippen LogP contribution in [0.1, 0.15) is 29.9 Å². The van der Waals surface area contributed by atoms with Crippen LogP contribution in [0, 0.1) is 11.3 Å². The van der Waals surface area contributed by atoms with Crippen molar-refractivity contribution in [3.8, 4) is 6.07 Å². The molecule has 0 bridgehead atoms. The average Bonchev–Trinajstić information content (AvgIpc) is 3.11. The van der Waals surface area contributed by atoms with Gasteiger partial charge in [0.05, 0.1) is 11.6 Å². The number of hydrogen-bond donors (Lipinski definition) is 0. The zero-order valence-electron chi connectivity index (χ0n) is 8.40. The third-order valence-corrected chi connectivity index (χ3v) is 3.06. The molecule has 1 aliphatic rings. The van der Waals surface area contributed by atoms with Gasteiger partial charge in [0.15, 0.2) is 0 Å². The normalized spacial score (nSPS) is 15.1. The number of rotatable bonds is 1. The molecule has 1 saturated carbocycles. The van der Waals surface area contributed by atoms with E-state index in [-0.39, 0.29) is 0 Å². The molecule has 3 rings (SSSR count). The van der Waals surface area contributed by atoms with Crippen LogP contribution >= 0.6 is 0 Å². The van der Waals surface area contributed by atoms with Crippen molar-refractivity contribution in [1.29, 1.82) is 5.26 Å². The van der Waals surface area contributed by atoms with Crippen molar-refractivity contribution in [3.05, 3.63) is 47.5 Å². The minimum absolute atomic E-state index is 0.746. The van der Waals surface area contributed by atoms with Gasteiger partial charge in [-0.05, 0) is 47.2 Å². The van der Waals surface area contributed by atoms with E-state index in [2.05, 4.69) is 30.3 Å². The third-order valence-electron chi connectivity index (χ3n) is 3.06. The van der Waals surface area contributed by atoms with Gasteiger partial charge in [-0.15, -0.1) is 0 Å². The molecule has 0 aromatic heterocycles. The second-order valence-electron chi connectivity index (χ2n) is 4.17. The number of fused-ring (bicyclic) bond motifs is 1. The van der Waals surface area contributed by atoms with Gasteiger partial charge < -0.3 is 0 Å². The van der Waals surface area contributed by atoms with Crippen LogP contribution in [0.2, 0.25) is 0 Å². The van der Waals surface area contributed by atoms with E-state index in [1.54, 1.807) is 0 Å². The molecular weight excluding hydrogens is 182 g/mol. The number of hydrogen-bond acceptors (Lipinski definition) is 1. The van der Waals surface area contributed by atoms with Crippen LogP contribution in [0.5, 0.6) is 0 Å². The smallest absolute Gasteiger partial charge is 0.0991 e. The van der Waals surface area contributed by atoms with Crippen LogP contribution in [0.3, 0.4) is 0 Å². The van der Waals surface area contributed by atoms with Crippen molar-refractivity contribution in [2.24, 2.45) is 0 Å². The molecule has 0 spiro atoms. The lowest BCUT2D eigenvalue weighted by molar-refractivity contribution is 1.15. The van der Waals surface area contributed by atoms with Crippen molar-refractivity contribution in [2.45, 2.75) is 18.8 Å². The Morgan fingerprint density at radius 2 is 2.00 bits per heavy atom. The second kappa shape index (κ2) is 3.10. The van der Waals surface area contributed by atoms with Crippen molar-refractivity contribution in [3.63, 3.8) is 0 Å². The van der Waals surface area contributed by atoms with Crippen molar-refractivity contribution in [1.82, 2.24) is 0 Å². The Morgan fingerprint density at radius 1 is 1.13 bits per heavy atom. The molecule has 1 heteroatoms. The van der Waals surface area contributed by atoms with Crippen molar-refractivity contribution < 1.29 is 0 Å². The Balaban J connectivity index is 2.27. The number of nitrogens with zero attached hydrogens (tertiary/aromatic N) is 1. The van der Waals surface area contributed by atoms with Gasteiger partial charge in [0.25, 0.3) is 0 Å². The topological polar surface area (TPSA) is 23.8 Å². The molecular formula is C14H11N. The highest BCUT2D eigenvalue weighted by molar-refractivity contribution is 5.87. The maximum Gasteiger partial charge on any atom is 0.0991 e. The summed E-state index contributed by atoms with van der Waals surface area (Å²) in [6.07, 6.45) is 2.64. The van der Waals surface area contributed by atoms with Gasteiger partial charge in [-0.2, -0.15) is 5.26 Å². The Morgan fingerprint density at radius 3 is 2.73 bits per heavy atom. The lowest BCUT2D eigenvalue weighted by Crippen LogP contribution is -1.83. The standard InChI is InChI=1S/C14H11N/c15-9-10-4-7-14-12(8-10)2-1-3-13(14)11-5-6-11/h1-4,7-8,11H,5-6H2. The summed E-state index contributed by atoms with van der Waals surface area (Å²) in [5.74, 6) is 0.765. The number of nitriles is 1. The highest BCUT2D eigenvalue weighted by atomic mass is 14.3. The van der Waals surface area contributed by atoms with E-state index in [0.29, 0.717) is 0 Å². The van der Waals surface area contributed by atoms with Crippen LogP contribution in [0.4, 0.5) is 0 Å². The quantitative estimate of drug-likeness (QED) is 0.679. The Kier molecular flexibility index (Phi) is 1.76. The molecule has 0 radical (unpaired) electrons. The molecule has 0 N–H and O–H groups in total. The minimum Gasteiger partial charge on any atom is -0.192 e. The van der Waals surface area contributed by atoms with Crippen LogP contribution in [0.15, 0.2) is 36.4 Å². The fraction of sp³-hybridized carbons (Fsp3) is 0.214. The van der Waals surface area contributed by atoms with Gasteiger partial charge >= 0.3 is 0 Å². The largest absolute Gasteiger partial charge is 0.192 e. The SMILES string of the molecule is N#Cc1ccc2c(C3CC3)cccc2c1. The van der Waals surface area contributed by atoms with Crippen molar-refractivity contribution in [2.75, 3.05) is 0 Å². The molecule has 0 atom stereocenters. The molecule has 0 amide bonds. The molecule has 0 heterocycles. The molecule has 1 nitrogen and oxygen atoms in total. The molecule has 0 unspecified atom stereocenters. The predicted molar refractivity (Wildman–Crippen MR) is 60.6 cm³/mol. The monoisotopic (exact) mass is 193 g/mol. The number of benzene rings is 2. The summed E-state index contributed by atoms with van der Waals surface area (Å²) in [7, 11) is 0. The molecule has 2 aromatic rings. The van der Waals surface area contributed by atoms with E-state index >= 15 is 0 Å². The fourth-order valence-corrected chi connectivity index (χ4v) is 2.13. The zero-order valence-corrected chi connectivity index (χ0v) is 8.40. The van der Waals surface area contributed by atoms with Gasteiger partial charge in [-0.3, -0.25) is 0 Å². The first kappa shape index (κ1) is 8.49. The summed E-state index contributed by atoms with van der Waals surface area (Å²) < 4.78 is 0. The maximum absolute atomic E-state index is 8.84. The van der Waals surface area contributed by atoms with E-state index < -0.39 is 0 Å². The summed E-state index contributed by atoms with van der Waals surface area (Å²) in [5, 5.41) is 11.3.